The van der Waals surface area contributed by atoms with Crippen LogP contribution in [-0.4, -0.2) is 131 Å². The third-order valence-electron chi connectivity index (χ3n) is 20.7. The number of sulfone groups is 2. The van der Waals surface area contributed by atoms with E-state index in [9.17, 15) is 26.7 Å². The molecule has 6 rings (SSSR count). The van der Waals surface area contributed by atoms with E-state index in [0.29, 0.717) is 60.7 Å². The molecule has 4 fully saturated rings. The third-order valence-corrected chi connectivity index (χ3v) is 33.3. The van der Waals surface area contributed by atoms with Gasteiger partial charge in [-0.3, -0.25) is 4.79 Å². The quantitative estimate of drug-likeness (QED) is 0.0388. The zero-order valence-corrected chi connectivity index (χ0v) is 61.5. The smallest absolute Gasteiger partial charge is 0.311 e. The van der Waals surface area contributed by atoms with E-state index < -0.39 is 41.7 Å². The third kappa shape index (κ3) is 21.5. The summed E-state index contributed by atoms with van der Waals surface area (Å²) in [5.74, 6) is 0.847. The van der Waals surface area contributed by atoms with Crippen LogP contribution in [-0.2, 0) is 57.0 Å². The minimum absolute atomic E-state index is 0.0162. The molecular formula is C71H120O13S2Si2. The average molecular weight is 1300 g/mol. The molecule has 0 aliphatic carbocycles. The summed E-state index contributed by atoms with van der Waals surface area (Å²) in [6, 6.07) is 17.5. The highest BCUT2D eigenvalue weighted by molar-refractivity contribution is 7.91. The Labute approximate surface area is 537 Å². The monoisotopic (exact) mass is 1300 g/mol. The number of esters is 1. The Kier molecular flexibility index (Phi) is 27.7. The molecule has 1 N–H and O–H groups in total. The normalized spacial score (nSPS) is 29.3. The molecule has 4 heterocycles. The van der Waals surface area contributed by atoms with Gasteiger partial charge in [-0.25, -0.2) is 16.8 Å². The summed E-state index contributed by atoms with van der Waals surface area (Å²) in [6.45, 7) is 52.0. The molecule has 2 aromatic carbocycles. The molecule has 4 aliphatic heterocycles. The minimum atomic E-state index is -3.52. The standard InChI is InChI=1S/C38H64O7SSi.C33H56O6SSi/c1-26(24-43-47(11,12)38(8,9)10)21-33-29(4)32(25-46(40,41)31-18-14-13-15-19-31)35(45-33)23-34-28(3)27(2)22-30(44-34)17-16-20-42-36(39)37(5,6)7;1-23(21-37-41(8,9)33(5,6)7)18-30-26(4)29(22-40(35,36)28-15-11-10-12-16-28)32(39-30)20-31-25(3)24(2)19-27(38-31)14-13-17-34/h13-15,18-19,26-27,29-30,32-35H,3,16-17,20-25H2,1-2,4-12H3;10-12,15-16,23-24,26-27,29-32,34H,3,13-14,17-22H2,1-2,4-9H3/t26-,27+,29+,30-,32+,33+,34+,35?;23-,24+,26+,27-,29+,30+,31+,32?/m00/s1. The minimum Gasteiger partial charge on any atom is -0.465 e. The van der Waals surface area contributed by atoms with Gasteiger partial charge in [0.25, 0.3) is 0 Å². The Morgan fingerprint density at radius 2 is 0.955 bits per heavy atom. The number of rotatable bonds is 27. The summed E-state index contributed by atoms with van der Waals surface area (Å²) < 4.78 is 99.8. The lowest BCUT2D eigenvalue weighted by atomic mass is 9.82. The van der Waals surface area contributed by atoms with Crippen LogP contribution in [0.2, 0.25) is 36.3 Å². The molecule has 4 saturated heterocycles. The van der Waals surface area contributed by atoms with Crippen LogP contribution in [0.1, 0.15) is 168 Å². The van der Waals surface area contributed by atoms with E-state index >= 15 is 0 Å². The van der Waals surface area contributed by atoms with Crippen LogP contribution >= 0.6 is 0 Å². The molecule has 0 aromatic heterocycles. The molecule has 13 nitrogen and oxygen atoms in total. The van der Waals surface area contributed by atoms with Gasteiger partial charge in [0.15, 0.2) is 36.3 Å². The highest BCUT2D eigenvalue weighted by atomic mass is 32.2. The first-order valence-corrected chi connectivity index (χ1v) is 42.4. The summed E-state index contributed by atoms with van der Waals surface area (Å²) in [7, 11) is -10.7. The van der Waals surface area contributed by atoms with Crippen molar-refractivity contribution in [1.82, 2.24) is 0 Å². The molecule has 17 heteroatoms. The number of benzene rings is 2. The van der Waals surface area contributed by atoms with Crippen LogP contribution in [0.15, 0.2) is 94.8 Å². The first-order valence-electron chi connectivity index (χ1n) is 33.3. The highest BCUT2D eigenvalue weighted by Gasteiger charge is 2.49. The van der Waals surface area contributed by atoms with Gasteiger partial charge in [-0.2, -0.15) is 0 Å². The van der Waals surface area contributed by atoms with Crippen molar-refractivity contribution in [2.75, 3.05) is 37.9 Å². The van der Waals surface area contributed by atoms with Crippen LogP contribution in [0.5, 0.6) is 0 Å². The van der Waals surface area contributed by atoms with E-state index in [0.717, 1.165) is 56.1 Å². The van der Waals surface area contributed by atoms with Gasteiger partial charge in [-0.1, -0.05) is 133 Å². The second-order valence-corrected chi connectivity index (χ2v) is 45.0. The molecule has 16 atom stereocenters. The Balaban J connectivity index is 0.000000324. The Morgan fingerprint density at radius 1 is 0.591 bits per heavy atom. The lowest BCUT2D eigenvalue weighted by Gasteiger charge is -2.38. The second kappa shape index (κ2) is 32.1. The number of aliphatic hydroxyl groups is 1. The number of ether oxygens (including phenoxy) is 5. The maximum absolute atomic E-state index is 13.7. The molecule has 0 spiro atoms. The van der Waals surface area contributed by atoms with Gasteiger partial charge in [0.05, 0.1) is 82.2 Å². The Bertz CT molecular complexity index is 2740. The maximum Gasteiger partial charge on any atom is 0.311 e. The van der Waals surface area contributed by atoms with Crippen molar-refractivity contribution in [2.45, 2.75) is 263 Å². The number of hydrogen-bond donors (Lipinski definition) is 1. The number of hydrogen-bond acceptors (Lipinski definition) is 13. The molecule has 88 heavy (non-hydrogen) atoms. The largest absolute Gasteiger partial charge is 0.465 e. The van der Waals surface area contributed by atoms with Gasteiger partial charge in [0, 0.05) is 44.5 Å². The lowest BCUT2D eigenvalue weighted by Crippen LogP contribution is -2.42. The van der Waals surface area contributed by atoms with E-state index in [-0.39, 0.29) is 118 Å². The van der Waals surface area contributed by atoms with Crippen LogP contribution in [0.4, 0.5) is 0 Å². The molecule has 502 valence electrons. The second-order valence-electron chi connectivity index (χ2n) is 31.3. The van der Waals surface area contributed by atoms with Crippen molar-refractivity contribution in [3.8, 4) is 0 Å². The van der Waals surface area contributed by atoms with E-state index in [1.54, 1.807) is 48.5 Å². The maximum atomic E-state index is 13.7. The molecule has 0 radical (unpaired) electrons. The van der Waals surface area contributed by atoms with Crippen molar-refractivity contribution in [1.29, 1.82) is 0 Å². The van der Waals surface area contributed by atoms with Gasteiger partial charge in [-0.05, 0) is 179 Å². The summed E-state index contributed by atoms with van der Waals surface area (Å²) >= 11 is 0. The molecule has 4 aliphatic rings. The van der Waals surface area contributed by atoms with Crippen molar-refractivity contribution in [3.63, 3.8) is 0 Å². The van der Waals surface area contributed by atoms with Crippen molar-refractivity contribution < 1.29 is 59.3 Å². The topological polar surface area (TPSA) is 170 Å². The first-order chi connectivity index (χ1) is 40.7. The first kappa shape index (κ1) is 76.2. The van der Waals surface area contributed by atoms with Crippen molar-refractivity contribution >= 4 is 42.3 Å². The van der Waals surface area contributed by atoms with Gasteiger partial charge in [0.2, 0.25) is 0 Å². The summed E-state index contributed by atoms with van der Waals surface area (Å²) in [5.41, 5.74) is 1.58. The van der Waals surface area contributed by atoms with Gasteiger partial charge >= 0.3 is 5.97 Å². The predicted octanol–water partition coefficient (Wildman–Crippen LogP) is 15.7. The SMILES string of the molecule is C=C1[C@H](C)C[C@H](CCCO)O[C@@H]1CC1O[C@H](C[C@H](C)CO[Si](C)(C)C(C)(C)C)[C@H](C)[C@H]1CS(=O)(=O)c1ccccc1.C=C1[C@H](C)C[C@H](CCCOC(=O)C(C)(C)C)O[C@@H]1CC1O[C@H](C[C@H](C)CO[Si](C)(C)C(C)(C)C)[C@H](C)[C@H]1CS(=O)(=O)c1ccccc1. The molecule has 2 unspecified atom stereocenters. The zero-order valence-electron chi connectivity index (χ0n) is 57.9. The molecule has 2 aromatic rings. The zero-order chi connectivity index (χ0) is 66.0. The van der Waals surface area contributed by atoms with Gasteiger partial charge < -0.3 is 37.6 Å². The van der Waals surface area contributed by atoms with Gasteiger partial charge in [-0.15, -0.1) is 0 Å². The van der Waals surface area contributed by atoms with Crippen LogP contribution in [0, 0.1) is 52.8 Å². The predicted molar refractivity (Wildman–Crippen MR) is 362 cm³/mol. The van der Waals surface area contributed by atoms with Crippen molar-refractivity contribution in [2.24, 2.45) is 52.8 Å². The highest BCUT2D eigenvalue weighted by Crippen LogP contribution is 2.46. The summed E-state index contributed by atoms with van der Waals surface area (Å²) in [4.78, 5) is 12.9. The Morgan fingerprint density at radius 3 is 1.30 bits per heavy atom. The van der Waals surface area contributed by atoms with Crippen LogP contribution < -0.4 is 0 Å². The van der Waals surface area contributed by atoms with Gasteiger partial charge in [0.1, 0.15) is 0 Å². The summed E-state index contributed by atoms with van der Waals surface area (Å²) in [6.07, 6.45) is 6.66. The van der Waals surface area contributed by atoms with E-state index in [1.807, 2.05) is 32.9 Å². The molecular weight excluding hydrogens is 1180 g/mol. The number of carbonyl (C=O) groups excluding carboxylic acids is 1. The number of aliphatic hydroxyl groups excluding tert-OH is 1. The van der Waals surface area contributed by atoms with Crippen LogP contribution in [0.25, 0.3) is 0 Å². The van der Waals surface area contributed by atoms with E-state index in [2.05, 4.69) is 122 Å². The summed E-state index contributed by atoms with van der Waals surface area (Å²) in [5, 5.41) is 9.64. The molecule has 0 saturated carbocycles. The molecule has 0 amide bonds. The number of carbonyl (C=O) groups is 1. The fourth-order valence-corrected chi connectivity index (χ4v) is 18.2. The average Bonchev–Trinajstić information content (AvgIpc) is 3.46. The molecule has 0 bridgehead atoms. The lowest BCUT2D eigenvalue weighted by molar-refractivity contribution is -0.153. The fraction of sp³-hybridized carbons (Fsp3) is 0.761. The van der Waals surface area contributed by atoms with Crippen molar-refractivity contribution in [3.05, 3.63) is 85.0 Å². The van der Waals surface area contributed by atoms with E-state index in [1.165, 1.54) is 0 Å². The fourth-order valence-electron chi connectivity index (χ4n) is 12.4. The van der Waals surface area contributed by atoms with E-state index in [4.69, 9.17) is 32.5 Å². The Hall–Kier alpha value is -2.56. The van der Waals surface area contributed by atoms with Crippen LogP contribution in [0.3, 0.4) is 0 Å².